The van der Waals surface area contributed by atoms with E-state index in [1.165, 1.54) is 16.7 Å². The minimum Gasteiger partial charge on any atom is -0.383 e. The van der Waals surface area contributed by atoms with E-state index in [-0.39, 0.29) is 0 Å². The summed E-state index contributed by atoms with van der Waals surface area (Å²) in [5, 5.41) is 3.30. The van der Waals surface area contributed by atoms with Crippen LogP contribution in [0, 0.1) is 13.8 Å². The van der Waals surface area contributed by atoms with Gasteiger partial charge in [-0.3, -0.25) is 0 Å². The van der Waals surface area contributed by atoms with Crippen molar-refractivity contribution in [3.8, 4) is 0 Å². The first-order valence-electron chi connectivity index (χ1n) is 7.25. The average Bonchev–Trinajstić information content (AvgIpc) is 2.43. The van der Waals surface area contributed by atoms with Crippen LogP contribution in [0.2, 0.25) is 0 Å². The molecule has 0 aliphatic carbocycles. The van der Waals surface area contributed by atoms with Gasteiger partial charge in [-0.15, -0.1) is 0 Å². The maximum atomic E-state index is 5.01. The van der Waals surface area contributed by atoms with Gasteiger partial charge in [0.25, 0.3) is 0 Å². The van der Waals surface area contributed by atoms with Crippen molar-refractivity contribution in [2.75, 3.05) is 20.3 Å². The van der Waals surface area contributed by atoms with Crippen molar-refractivity contribution in [2.24, 2.45) is 0 Å². The first-order chi connectivity index (χ1) is 10.2. The highest BCUT2D eigenvalue weighted by Crippen LogP contribution is 2.12. The van der Waals surface area contributed by atoms with Crippen molar-refractivity contribution in [1.82, 2.24) is 15.3 Å². The zero-order chi connectivity index (χ0) is 15.1. The predicted octanol–water partition coefficient (Wildman–Crippen LogP) is 2.42. The molecule has 0 spiro atoms. The van der Waals surface area contributed by atoms with Crippen molar-refractivity contribution in [3.05, 3.63) is 58.7 Å². The topological polar surface area (TPSA) is 47.0 Å². The molecule has 0 bridgehead atoms. The fourth-order valence-electron chi connectivity index (χ4n) is 2.37. The summed E-state index contributed by atoms with van der Waals surface area (Å²) in [5.74, 6) is 0.867. The maximum absolute atomic E-state index is 5.01. The molecule has 2 rings (SSSR count). The molecule has 0 fully saturated rings. The molecule has 0 atom stereocenters. The van der Waals surface area contributed by atoms with E-state index in [1.807, 2.05) is 12.3 Å². The minimum absolute atomic E-state index is 0.709. The third kappa shape index (κ3) is 5.25. The number of aryl methyl sites for hydroxylation is 2. The second kappa shape index (κ2) is 7.86. The van der Waals surface area contributed by atoms with Gasteiger partial charge in [0.15, 0.2) is 0 Å². The first-order valence-corrected chi connectivity index (χ1v) is 7.25. The van der Waals surface area contributed by atoms with Gasteiger partial charge >= 0.3 is 0 Å². The monoisotopic (exact) mass is 285 g/mol. The van der Waals surface area contributed by atoms with Gasteiger partial charge in [-0.25, -0.2) is 9.97 Å². The smallest absolute Gasteiger partial charge is 0.132 e. The molecule has 1 aromatic carbocycles. The van der Waals surface area contributed by atoms with E-state index in [2.05, 4.69) is 47.3 Å². The van der Waals surface area contributed by atoms with Crippen LogP contribution < -0.4 is 5.32 Å². The molecule has 0 amide bonds. The van der Waals surface area contributed by atoms with E-state index in [0.717, 1.165) is 31.0 Å². The molecule has 4 heteroatoms. The third-order valence-electron chi connectivity index (χ3n) is 3.20. The van der Waals surface area contributed by atoms with Gasteiger partial charge in [0, 0.05) is 32.8 Å². The molecule has 0 saturated carbocycles. The summed E-state index contributed by atoms with van der Waals surface area (Å²) in [4.78, 5) is 8.99. The molecular weight excluding hydrogens is 262 g/mol. The number of nitrogens with zero attached hydrogens (tertiary/aromatic N) is 2. The van der Waals surface area contributed by atoms with Gasteiger partial charge in [-0.05, 0) is 25.5 Å². The quantitative estimate of drug-likeness (QED) is 0.794. The number of methoxy groups -OCH3 is 1. The van der Waals surface area contributed by atoms with Crippen LogP contribution in [0.3, 0.4) is 0 Å². The summed E-state index contributed by atoms with van der Waals surface area (Å²) in [5.41, 5.74) is 4.84. The van der Waals surface area contributed by atoms with Gasteiger partial charge in [0.05, 0.1) is 12.3 Å². The van der Waals surface area contributed by atoms with Crippen molar-refractivity contribution < 1.29 is 4.74 Å². The molecule has 21 heavy (non-hydrogen) atoms. The van der Waals surface area contributed by atoms with E-state index in [1.54, 1.807) is 7.11 Å². The average molecular weight is 285 g/mol. The lowest BCUT2D eigenvalue weighted by Crippen LogP contribution is -2.19. The van der Waals surface area contributed by atoms with Crippen LogP contribution in [0.5, 0.6) is 0 Å². The Morgan fingerprint density at radius 2 is 1.90 bits per heavy atom. The molecule has 0 saturated heterocycles. The molecule has 0 radical (unpaired) electrons. The van der Waals surface area contributed by atoms with Crippen LogP contribution in [0.25, 0.3) is 0 Å². The Hall–Kier alpha value is -1.78. The molecule has 1 N–H and O–H groups in total. The Kier molecular flexibility index (Phi) is 5.84. The third-order valence-corrected chi connectivity index (χ3v) is 3.20. The second-order valence-corrected chi connectivity index (χ2v) is 5.31. The standard InChI is InChI=1S/C17H23N3O/c1-13-8-14(2)10-15(9-13)11-17-19-5-4-16(20-17)12-18-6-7-21-3/h4-5,8-10,18H,6-7,11-12H2,1-3H3. The lowest BCUT2D eigenvalue weighted by atomic mass is 10.0. The summed E-state index contributed by atoms with van der Waals surface area (Å²) >= 11 is 0. The first kappa shape index (κ1) is 15.6. The van der Waals surface area contributed by atoms with Gasteiger partial charge < -0.3 is 10.1 Å². The van der Waals surface area contributed by atoms with Crippen LogP contribution in [-0.4, -0.2) is 30.2 Å². The fraction of sp³-hybridized carbons (Fsp3) is 0.412. The Balaban J connectivity index is 2.00. The predicted molar refractivity (Wildman–Crippen MR) is 84.3 cm³/mol. The number of rotatable bonds is 7. The van der Waals surface area contributed by atoms with E-state index in [0.29, 0.717) is 6.61 Å². The Bertz CT molecular complexity index is 564. The lowest BCUT2D eigenvalue weighted by molar-refractivity contribution is 0.199. The molecule has 2 aromatic rings. The molecule has 112 valence electrons. The highest BCUT2D eigenvalue weighted by Gasteiger charge is 2.03. The highest BCUT2D eigenvalue weighted by molar-refractivity contribution is 5.30. The van der Waals surface area contributed by atoms with Crippen molar-refractivity contribution in [3.63, 3.8) is 0 Å². The van der Waals surface area contributed by atoms with Crippen molar-refractivity contribution in [2.45, 2.75) is 26.8 Å². The molecule has 1 aromatic heterocycles. The van der Waals surface area contributed by atoms with Crippen LogP contribution in [0.1, 0.15) is 28.2 Å². The summed E-state index contributed by atoms with van der Waals surface area (Å²) in [6, 6.07) is 8.52. The molecule has 4 nitrogen and oxygen atoms in total. The van der Waals surface area contributed by atoms with Gasteiger partial charge in [0.2, 0.25) is 0 Å². The zero-order valence-electron chi connectivity index (χ0n) is 13.0. The normalized spacial score (nSPS) is 10.8. The lowest BCUT2D eigenvalue weighted by Gasteiger charge is -2.07. The second-order valence-electron chi connectivity index (χ2n) is 5.31. The van der Waals surface area contributed by atoms with Crippen molar-refractivity contribution >= 4 is 0 Å². The van der Waals surface area contributed by atoms with E-state index in [9.17, 15) is 0 Å². The van der Waals surface area contributed by atoms with Gasteiger partial charge in [0.1, 0.15) is 5.82 Å². The number of hydrogen-bond donors (Lipinski definition) is 1. The number of benzene rings is 1. The Morgan fingerprint density at radius 1 is 1.14 bits per heavy atom. The Labute approximate surface area is 126 Å². The highest BCUT2D eigenvalue weighted by atomic mass is 16.5. The number of hydrogen-bond acceptors (Lipinski definition) is 4. The van der Waals surface area contributed by atoms with E-state index < -0.39 is 0 Å². The molecule has 0 aliphatic heterocycles. The van der Waals surface area contributed by atoms with Crippen LogP contribution in [-0.2, 0) is 17.7 Å². The zero-order valence-corrected chi connectivity index (χ0v) is 13.0. The summed E-state index contributed by atoms with van der Waals surface area (Å²) < 4.78 is 5.01. The number of aromatic nitrogens is 2. The van der Waals surface area contributed by atoms with Crippen LogP contribution >= 0.6 is 0 Å². The fourth-order valence-corrected chi connectivity index (χ4v) is 2.37. The molecule has 0 unspecified atom stereocenters. The maximum Gasteiger partial charge on any atom is 0.132 e. The van der Waals surface area contributed by atoms with Crippen molar-refractivity contribution in [1.29, 1.82) is 0 Å². The number of ether oxygens (including phenoxy) is 1. The van der Waals surface area contributed by atoms with E-state index >= 15 is 0 Å². The Morgan fingerprint density at radius 3 is 2.62 bits per heavy atom. The molecule has 1 heterocycles. The largest absolute Gasteiger partial charge is 0.383 e. The molecular formula is C17H23N3O. The summed E-state index contributed by atoms with van der Waals surface area (Å²) in [7, 11) is 1.70. The summed E-state index contributed by atoms with van der Waals surface area (Å²) in [6.45, 7) is 6.51. The summed E-state index contributed by atoms with van der Waals surface area (Å²) in [6.07, 6.45) is 2.60. The van der Waals surface area contributed by atoms with Crippen LogP contribution in [0.4, 0.5) is 0 Å². The minimum atomic E-state index is 0.709. The molecule has 0 aliphatic rings. The van der Waals surface area contributed by atoms with E-state index in [4.69, 9.17) is 4.74 Å². The number of nitrogens with one attached hydrogen (secondary N) is 1. The van der Waals surface area contributed by atoms with Gasteiger partial charge in [-0.2, -0.15) is 0 Å². The SMILES string of the molecule is COCCNCc1ccnc(Cc2cc(C)cc(C)c2)n1. The van der Waals surface area contributed by atoms with Gasteiger partial charge in [-0.1, -0.05) is 29.3 Å². The van der Waals surface area contributed by atoms with Crippen LogP contribution in [0.15, 0.2) is 30.5 Å².